The number of carbonyl (C=O) groups is 1. The molecule has 130 valence electrons. The third-order valence-corrected chi connectivity index (χ3v) is 4.50. The van der Waals surface area contributed by atoms with Gasteiger partial charge in [0.1, 0.15) is 17.5 Å². The van der Waals surface area contributed by atoms with Crippen LogP contribution in [0.1, 0.15) is 17.0 Å². The van der Waals surface area contributed by atoms with Crippen LogP contribution in [0.3, 0.4) is 0 Å². The Hall–Kier alpha value is -3.21. The summed E-state index contributed by atoms with van der Waals surface area (Å²) in [6, 6.07) is 19.9. The normalized spacial score (nSPS) is 13.0. The zero-order chi connectivity index (χ0) is 18.1. The number of aryl methyl sites for hydroxylation is 1. The molecule has 0 fully saturated rings. The Labute approximate surface area is 152 Å². The molecule has 0 aliphatic carbocycles. The first-order chi connectivity index (χ1) is 12.6. The van der Waals surface area contributed by atoms with Crippen LogP contribution >= 0.6 is 0 Å². The predicted molar refractivity (Wildman–Crippen MR) is 103 cm³/mol. The first-order valence-corrected chi connectivity index (χ1v) is 8.64. The Balaban J connectivity index is 1.74. The van der Waals surface area contributed by atoms with Gasteiger partial charge >= 0.3 is 0 Å². The van der Waals surface area contributed by atoms with Crippen molar-refractivity contribution in [2.75, 3.05) is 16.8 Å². The smallest absolute Gasteiger partial charge is 0.237 e. The standard InChI is InChI=1S/C21H20N4O/c1-15-22-20(24(2)14-16-9-5-3-6-10-16)18-13-19(26)25(21(18)23-15)17-11-7-4-8-12-17/h3-12H,13-14H2,1-2H3. The number of para-hydroxylation sites is 1. The van der Waals surface area contributed by atoms with E-state index in [-0.39, 0.29) is 5.91 Å². The van der Waals surface area contributed by atoms with E-state index in [1.54, 1.807) is 4.90 Å². The Morgan fingerprint density at radius 1 is 1.00 bits per heavy atom. The lowest BCUT2D eigenvalue weighted by molar-refractivity contribution is -0.116. The van der Waals surface area contributed by atoms with Crippen LogP contribution in [-0.2, 0) is 17.8 Å². The molecule has 0 saturated carbocycles. The summed E-state index contributed by atoms with van der Waals surface area (Å²) >= 11 is 0. The van der Waals surface area contributed by atoms with Gasteiger partial charge in [-0.1, -0.05) is 48.5 Å². The molecule has 4 rings (SSSR count). The molecule has 3 aromatic rings. The van der Waals surface area contributed by atoms with Crippen LogP contribution < -0.4 is 9.80 Å². The molecule has 1 aliphatic heterocycles. The highest BCUT2D eigenvalue weighted by molar-refractivity contribution is 6.07. The fourth-order valence-electron chi connectivity index (χ4n) is 3.35. The molecule has 1 aliphatic rings. The first-order valence-electron chi connectivity index (χ1n) is 8.64. The van der Waals surface area contributed by atoms with Gasteiger partial charge in [0.15, 0.2) is 0 Å². The highest BCUT2D eigenvalue weighted by Gasteiger charge is 2.34. The highest BCUT2D eigenvalue weighted by Crippen LogP contribution is 2.38. The second kappa shape index (κ2) is 6.59. The molecule has 0 radical (unpaired) electrons. The monoisotopic (exact) mass is 344 g/mol. The number of fused-ring (bicyclic) bond motifs is 1. The van der Waals surface area contributed by atoms with Gasteiger partial charge < -0.3 is 4.90 Å². The second-order valence-electron chi connectivity index (χ2n) is 6.48. The van der Waals surface area contributed by atoms with Crippen molar-refractivity contribution in [3.63, 3.8) is 0 Å². The van der Waals surface area contributed by atoms with Crippen molar-refractivity contribution in [1.82, 2.24) is 9.97 Å². The maximum atomic E-state index is 12.7. The van der Waals surface area contributed by atoms with Gasteiger partial charge in [-0.05, 0) is 24.6 Å². The van der Waals surface area contributed by atoms with Crippen molar-refractivity contribution in [3.05, 3.63) is 77.6 Å². The third kappa shape index (κ3) is 2.92. The molecule has 2 heterocycles. The van der Waals surface area contributed by atoms with E-state index in [1.807, 2.05) is 62.5 Å². The fraction of sp³-hybridized carbons (Fsp3) is 0.190. The average Bonchev–Trinajstić information content (AvgIpc) is 2.98. The summed E-state index contributed by atoms with van der Waals surface area (Å²) in [6.45, 7) is 2.59. The minimum Gasteiger partial charge on any atom is -0.355 e. The van der Waals surface area contributed by atoms with E-state index in [0.29, 0.717) is 18.1 Å². The summed E-state index contributed by atoms with van der Waals surface area (Å²) in [5.41, 5.74) is 2.93. The number of carbonyl (C=O) groups excluding carboxylic acids is 1. The van der Waals surface area contributed by atoms with Crippen molar-refractivity contribution in [1.29, 1.82) is 0 Å². The lowest BCUT2D eigenvalue weighted by Crippen LogP contribution is -2.21. The summed E-state index contributed by atoms with van der Waals surface area (Å²) in [4.78, 5) is 25.7. The van der Waals surface area contributed by atoms with Crippen molar-refractivity contribution in [2.45, 2.75) is 19.9 Å². The summed E-state index contributed by atoms with van der Waals surface area (Å²) in [5.74, 6) is 2.21. The quantitative estimate of drug-likeness (QED) is 0.725. The Bertz CT molecular complexity index is 941. The molecule has 0 spiro atoms. The van der Waals surface area contributed by atoms with E-state index in [9.17, 15) is 4.79 Å². The van der Waals surface area contributed by atoms with E-state index < -0.39 is 0 Å². The van der Waals surface area contributed by atoms with E-state index in [1.165, 1.54) is 5.56 Å². The number of rotatable bonds is 4. The maximum Gasteiger partial charge on any atom is 0.237 e. The third-order valence-electron chi connectivity index (χ3n) is 4.50. The summed E-state index contributed by atoms with van der Waals surface area (Å²) in [5, 5.41) is 0. The van der Waals surface area contributed by atoms with Gasteiger partial charge in [-0.2, -0.15) is 0 Å². The molecule has 0 saturated heterocycles. The fourth-order valence-corrected chi connectivity index (χ4v) is 3.35. The molecule has 1 aromatic heterocycles. The van der Waals surface area contributed by atoms with Crippen molar-refractivity contribution in [2.24, 2.45) is 0 Å². The Morgan fingerprint density at radius 2 is 1.65 bits per heavy atom. The zero-order valence-electron chi connectivity index (χ0n) is 14.9. The zero-order valence-corrected chi connectivity index (χ0v) is 14.9. The van der Waals surface area contributed by atoms with Crippen molar-refractivity contribution < 1.29 is 4.79 Å². The van der Waals surface area contributed by atoms with E-state index in [4.69, 9.17) is 0 Å². The second-order valence-corrected chi connectivity index (χ2v) is 6.48. The molecule has 0 N–H and O–H groups in total. The van der Waals surface area contributed by atoms with Crippen LogP contribution in [0.5, 0.6) is 0 Å². The lowest BCUT2D eigenvalue weighted by atomic mass is 10.2. The molecule has 5 heteroatoms. The largest absolute Gasteiger partial charge is 0.355 e. The van der Waals surface area contributed by atoms with Gasteiger partial charge in [-0.25, -0.2) is 9.97 Å². The highest BCUT2D eigenvalue weighted by atomic mass is 16.2. The molecular formula is C21H20N4O. The Kier molecular flexibility index (Phi) is 4.13. The van der Waals surface area contributed by atoms with E-state index >= 15 is 0 Å². The maximum absolute atomic E-state index is 12.7. The number of hydrogen-bond acceptors (Lipinski definition) is 4. The number of benzene rings is 2. The predicted octanol–water partition coefficient (Wildman–Crippen LogP) is 3.64. The van der Waals surface area contributed by atoms with Gasteiger partial charge in [-0.3, -0.25) is 9.69 Å². The van der Waals surface area contributed by atoms with Crippen molar-refractivity contribution >= 4 is 23.2 Å². The summed E-state index contributed by atoms with van der Waals surface area (Å²) in [6.07, 6.45) is 0.318. The van der Waals surface area contributed by atoms with Gasteiger partial charge in [0.05, 0.1) is 12.1 Å². The van der Waals surface area contributed by atoms with E-state index in [0.717, 1.165) is 23.6 Å². The number of hydrogen-bond donors (Lipinski definition) is 0. The number of anilines is 3. The molecule has 2 aromatic carbocycles. The van der Waals surface area contributed by atoms with Gasteiger partial charge in [0.25, 0.3) is 0 Å². The molecule has 0 bridgehead atoms. The van der Waals surface area contributed by atoms with Crippen LogP contribution in [0, 0.1) is 6.92 Å². The average molecular weight is 344 g/mol. The van der Waals surface area contributed by atoms with Gasteiger partial charge in [-0.15, -0.1) is 0 Å². The molecule has 5 nitrogen and oxygen atoms in total. The molecular weight excluding hydrogens is 324 g/mol. The van der Waals surface area contributed by atoms with Crippen LogP contribution in [0.2, 0.25) is 0 Å². The number of aromatic nitrogens is 2. The molecule has 0 atom stereocenters. The van der Waals surface area contributed by atoms with Crippen LogP contribution in [0.25, 0.3) is 0 Å². The van der Waals surface area contributed by atoms with E-state index in [2.05, 4.69) is 27.0 Å². The topological polar surface area (TPSA) is 49.3 Å². The van der Waals surface area contributed by atoms with Crippen LogP contribution in [-0.4, -0.2) is 22.9 Å². The summed E-state index contributed by atoms with van der Waals surface area (Å²) < 4.78 is 0. The van der Waals surface area contributed by atoms with Crippen LogP contribution in [0.15, 0.2) is 60.7 Å². The summed E-state index contributed by atoms with van der Waals surface area (Å²) in [7, 11) is 2.00. The van der Waals surface area contributed by atoms with Gasteiger partial charge in [0.2, 0.25) is 5.91 Å². The molecule has 0 unspecified atom stereocenters. The van der Waals surface area contributed by atoms with Crippen molar-refractivity contribution in [3.8, 4) is 0 Å². The molecule has 1 amide bonds. The molecule has 26 heavy (non-hydrogen) atoms. The number of nitrogens with zero attached hydrogens (tertiary/aromatic N) is 4. The minimum atomic E-state index is 0.0282. The minimum absolute atomic E-state index is 0.0282. The van der Waals surface area contributed by atoms with Crippen LogP contribution in [0.4, 0.5) is 17.3 Å². The Morgan fingerprint density at radius 3 is 2.35 bits per heavy atom. The lowest BCUT2D eigenvalue weighted by Gasteiger charge is -2.22. The van der Waals surface area contributed by atoms with Gasteiger partial charge in [0, 0.05) is 19.2 Å². The number of amides is 1. The SMILES string of the molecule is Cc1nc(N(C)Cc2ccccc2)c2c(n1)N(c1ccccc1)C(=O)C2. The first kappa shape index (κ1) is 16.3.